The molecule has 0 aromatic heterocycles. The third kappa shape index (κ3) is 5.62. The van der Waals surface area contributed by atoms with Crippen LogP contribution < -0.4 is 4.72 Å². The molecular formula is C14H14ClF3N2O3S. The Morgan fingerprint density at radius 2 is 2.04 bits per heavy atom. The Labute approximate surface area is 142 Å². The Hall–Kier alpha value is -1.92. The summed E-state index contributed by atoms with van der Waals surface area (Å²) in [6.07, 6.45) is 0.643. The molecule has 0 aliphatic carbocycles. The molecule has 0 amide bonds. The van der Waals surface area contributed by atoms with Gasteiger partial charge in [0.15, 0.2) is 6.61 Å². The summed E-state index contributed by atoms with van der Waals surface area (Å²) < 4.78 is 61.5. The zero-order valence-corrected chi connectivity index (χ0v) is 14.3. The van der Waals surface area contributed by atoms with E-state index in [0.717, 1.165) is 6.07 Å². The number of hydrogen-bond donors (Lipinski definition) is 1. The molecule has 0 saturated carbocycles. The molecule has 5 nitrogen and oxygen atoms in total. The maximum atomic E-state index is 12.5. The van der Waals surface area contributed by atoms with Crippen LogP contribution in [-0.4, -0.2) is 26.2 Å². The second kappa shape index (κ2) is 8.26. The first-order valence-electron chi connectivity index (χ1n) is 6.59. The second-order valence-electron chi connectivity index (χ2n) is 4.40. The van der Waals surface area contributed by atoms with Crippen LogP contribution in [0.2, 0.25) is 5.02 Å². The highest BCUT2D eigenvalue weighted by Gasteiger charge is 2.46. The quantitative estimate of drug-likeness (QED) is 0.365. The van der Waals surface area contributed by atoms with E-state index in [4.69, 9.17) is 16.4 Å². The van der Waals surface area contributed by atoms with Crippen LogP contribution in [0.3, 0.4) is 0 Å². The van der Waals surface area contributed by atoms with Crippen molar-refractivity contribution in [2.75, 3.05) is 11.3 Å². The summed E-state index contributed by atoms with van der Waals surface area (Å²) in [5.74, 6) is 5.41. The first-order valence-corrected chi connectivity index (χ1v) is 8.46. The molecule has 0 aliphatic rings. The number of rotatable bonds is 5. The van der Waals surface area contributed by atoms with Crippen LogP contribution in [0, 0.1) is 11.8 Å². The van der Waals surface area contributed by atoms with Crippen LogP contribution in [0.5, 0.6) is 0 Å². The molecule has 0 bridgehead atoms. The Morgan fingerprint density at radius 3 is 2.62 bits per heavy atom. The molecule has 0 atom stereocenters. The molecule has 1 aromatic rings. The van der Waals surface area contributed by atoms with Crippen LogP contribution in [0.1, 0.15) is 25.8 Å². The number of hydrogen-bond acceptors (Lipinski definition) is 4. The van der Waals surface area contributed by atoms with Gasteiger partial charge in [0.25, 0.3) is 0 Å². The number of halogens is 4. The van der Waals surface area contributed by atoms with Gasteiger partial charge >= 0.3 is 15.5 Å². The maximum absolute atomic E-state index is 12.5. The van der Waals surface area contributed by atoms with Crippen molar-refractivity contribution in [1.82, 2.24) is 0 Å². The molecule has 0 aliphatic heterocycles. The normalized spacial score (nSPS) is 12.3. The van der Waals surface area contributed by atoms with Gasteiger partial charge in [-0.15, -0.1) is 0 Å². The van der Waals surface area contributed by atoms with Gasteiger partial charge in [-0.3, -0.25) is 4.72 Å². The summed E-state index contributed by atoms with van der Waals surface area (Å²) in [7, 11) is -5.56. The molecule has 0 fully saturated rings. The van der Waals surface area contributed by atoms with Crippen LogP contribution in [-0.2, 0) is 14.9 Å². The minimum atomic E-state index is -5.56. The first-order chi connectivity index (χ1) is 11.1. The van der Waals surface area contributed by atoms with Crippen LogP contribution in [0.25, 0.3) is 0 Å². The minimum absolute atomic E-state index is 0.00461. The lowest BCUT2D eigenvalue weighted by atomic mass is 10.1. The largest absolute Gasteiger partial charge is 0.516 e. The predicted molar refractivity (Wildman–Crippen MR) is 86.3 cm³/mol. The summed E-state index contributed by atoms with van der Waals surface area (Å²) in [6.45, 7) is 3.28. The maximum Gasteiger partial charge on any atom is 0.516 e. The highest BCUT2D eigenvalue weighted by molar-refractivity contribution is 7.93. The number of anilines is 1. The molecule has 10 heteroatoms. The zero-order chi connectivity index (χ0) is 18.4. The van der Waals surface area contributed by atoms with Crippen LogP contribution >= 0.6 is 11.6 Å². The van der Waals surface area contributed by atoms with E-state index in [2.05, 4.69) is 17.0 Å². The van der Waals surface area contributed by atoms with E-state index < -0.39 is 15.5 Å². The average Bonchev–Trinajstić information content (AvgIpc) is 2.47. The lowest BCUT2D eigenvalue weighted by molar-refractivity contribution is -0.0429. The third-order valence-electron chi connectivity index (χ3n) is 2.56. The van der Waals surface area contributed by atoms with Crippen molar-refractivity contribution in [3.63, 3.8) is 0 Å². The number of nitrogens with zero attached hydrogens (tertiary/aromatic N) is 1. The molecule has 0 unspecified atom stereocenters. The summed E-state index contributed by atoms with van der Waals surface area (Å²) >= 11 is 5.81. The van der Waals surface area contributed by atoms with Crippen molar-refractivity contribution in [1.29, 1.82) is 0 Å². The number of nitrogens with one attached hydrogen (secondary N) is 1. The number of benzene rings is 1. The molecule has 1 aromatic carbocycles. The van der Waals surface area contributed by atoms with Crippen molar-refractivity contribution in [3.05, 3.63) is 28.8 Å². The van der Waals surface area contributed by atoms with E-state index in [-0.39, 0.29) is 28.6 Å². The van der Waals surface area contributed by atoms with Gasteiger partial charge in [-0.25, -0.2) is 0 Å². The Morgan fingerprint density at radius 1 is 1.38 bits per heavy atom. The fourth-order valence-corrected chi connectivity index (χ4v) is 2.25. The van der Waals surface area contributed by atoms with E-state index in [1.54, 1.807) is 0 Å². The summed E-state index contributed by atoms with van der Waals surface area (Å²) in [5.41, 5.74) is -5.57. The molecule has 0 saturated heterocycles. The van der Waals surface area contributed by atoms with Gasteiger partial charge < -0.3 is 4.84 Å². The molecule has 132 valence electrons. The van der Waals surface area contributed by atoms with E-state index in [0.29, 0.717) is 6.42 Å². The molecule has 0 radical (unpaired) electrons. The van der Waals surface area contributed by atoms with Gasteiger partial charge in [0, 0.05) is 17.0 Å². The predicted octanol–water partition coefficient (Wildman–Crippen LogP) is 3.76. The topological polar surface area (TPSA) is 67.8 Å². The van der Waals surface area contributed by atoms with Gasteiger partial charge in [0.1, 0.15) is 0 Å². The van der Waals surface area contributed by atoms with Crippen molar-refractivity contribution in [2.24, 2.45) is 5.16 Å². The fourth-order valence-electron chi connectivity index (χ4n) is 1.49. The SMILES string of the molecule is CCC#CCO/N=C(\C)c1cc(Cl)ccc1NS(=O)(=O)C(F)(F)F. The van der Waals surface area contributed by atoms with E-state index >= 15 is 0 Å². The lowest BCUT2D eigenvalue weighted by Crippen LogP contribution is -2.30. The smallest absolute Gasteiger partial charge is 0.382 e. The molecule has 0 spiro atoms. The third-order valence-corrected chi connectivity index (χ3v) is 3.89. The van der Waals surface area contributed by atoms with Gasteiger partial charge in [-0.1, -0.05) is 35.5 Å². The monoisotopic (exact) mass is 382 g/mol. The van der Waals surface area contributed by atoms with Gasteiger partial charge in [0.05, 0.1) is 11.4 Å². The number of alkyl halides is 3. The highest BCUT2D eigenvalue weighted by Crippen LogP contribution is 2.28. The summed E-state index contributed by atoms with van der Waals surface area (Å²) in [6, 6.07) is 3.63. The molecule has 1 rings (SSSR count). The molecule has 0 heterocycles. The number of sulfonamides is 1. The Kier molecular flexibility index (Phi) is 6.93. The van der Waals surface area contributed by atoms with Gasteiger partial charge in [-0.05, 0) is 25.1 Å². The van der Waals surface area contributed by atoms with Crippen LogP contribution in [0.4, 0.5) is 18.9 Å². The van der Waals surface area contributed by atoms with Crippen molar-refractivity contribution >= 4 is 33.0 Å². The van der Waals surface area contributed by atoms with Crippen molar-refractivity contribution in [2.45, 2.75) is 25.8 Å². The molecular weight excluding hydrogens is 369 g/mol. The van der Waals surface area contributed by atoms with E-state index in [1.165, 1.54) is 23.8 Å². The Bertz CT molecular complexity index is 781. The highest BCUT2D eigenvalue weighted by atomic mass is 35.5. The summed E-state index contributed by atoms with van der Waals surface area (Å²) in [5, 5.41) is 3.89. The summed E-state index contributed by atoms with van der Waals surface area (Å²) in [4.78, 5) is 4.92. The van der Waals surface area contributed by atoms with E-state index in [9.17, 15) is 21.6 Å². The fraction of sp³-hybridized carbons (Fsp3) is 0.357. The van der Waals surface area contributed by atoms with E-state index in [1.807, 2.05) is 6.92 Å². The van der Waals surface area contributed by atoms with Crippen molar-refractivity contribution in [3.8, 4) is 11.8 Å². The average molecular weight is 383 g/mol. The van der Waals surface area contributed by atoms with Crippen molar-refractivity contribution < 1.29 is 26.4 Å². The number of oxime groups is 1. The first kappa shape index (κ1) is 20.1. The minimum Gasteiger partial charge on any atom is -0.382 e. The standard InChI is InChI=1S/C14H14ClF3N2O3S/c1-3-4-5-8-23-19-10(2)12-9-11(15)6-7-13(12)20-24(21,22)14(16,17)18/h6-7,9,20H,3,8H2,1-2H3/b19-10+. The van der Waals surface area contributed by atoms with Gasteiger partial charge in [0.2, 0.25) is 0 Å². The Balaban J connectivity index is 3.11. The molecule has 24 heavy (non-hydrogen) atoms. The molecule has 1 N–H and O–H groups in total. The lowest BCUT2D eigenvalue weighted by Gasteiger charge is -2.14. The zero-order valence-electron chi connectivity index (χ0n) is 12.7. The van der Waals surface area contributed by atoms with Crippen LogP contribution in [0.15, 0.2) is 23.4 Å². The van der Waals surface area contributed by atoms with Gasteiger partial charge in [-0.2, -0.15) is 21.6 Å². The second-order valence-corrected chi connectivity index (χ2v) is 6.51.